The zero-order chi connectivity index (χ0) is 37.0. The van der Waals surface area contributed by atoms with E-state index < -0.39 is 0 Å². The van der Waals surface area contributed by atoms with Gasteiger partial charge in [-0.2, -0.15) is 0 Å². The molecule has 11 aromatic rings. The molecule has 0 atom stereocenters. The summed E-state index contributed by atoms with van der Waals surface area (Å²) in [5, 5.41) is 4.55. The van der Waals surface area contributed by atoms with Crippen molar-refractivity contribution in [1.82, 2.24) is 15.0 Å². The molecule has 0 radical (unpaired) electrons. The predicted octanol–water partition coefficient (Wildman–Crippen LogP) is 14.1. The van der Waals surface area contributed by atoms with Crippen molar-refractivity contribution in [3.05, 3.63) is 188 Å². The summed E-state index contributed by atoms with van der Waals surface area (Å²) in [5.74, 6) is 1.84. The number of nitrogens with zero attached hydrogens (tertiary/aromatic N) is 3. The van der Waals surface area contributed by atoms with Crippen LogP contribution in [0.2, 0.25) is 0 Å². The van der Waals surface area contributed by atoms with Crippen LogP contribution in [0, 0.1) is 0 Å². The van der Waals surface area contributed by atoms with Crippen molar-refractivity contribution in [2.45, 2.75) is 0 Å². The van der Waals surface area contributed by atoms with E-state index in [9.17, 15) is 0 Å². The highest BCUT2D eigenvalue weighted by Gasteiger charge is 2.19. The molecule has 0 N–H and O–H groups in total. The number of rotatable bonds is 6. The molecule has 0 unspecified atom stereocenters. The van der Waals surface area contributed by atoms with Crippen molar-refractivity contribution in [3.8, 4) is 67.5 Å². The molecule has 3 aromatic heterocycles. The first-order valence-electron chi connectivity index (χ1n) is 18.7. The summed E-state index contributed by atoms with van der Waals surface area (Å²) in [6, 6.07) is 65.6. The molecule has 0 aliphatic heterocycles. The number of furan rings is 1. The normalized spacial score (nSPS) is 11.6. The van der Waals surface area contributed by atoms with Gasteiger partial charge in [0.05, 0.1) is 0 Å². The third kappa shape index (κ3) is 5.56. The van der Waals surface area contributed by atoms with Crippen LogP contribution >= 0.6 is 11.3 Å². The van der Waals surface area contributed by atoms with Gasteiger partial charge in [0, 0.05) is 47.6 Å². The minimum Gasteiger partial charge on any atom is -0.456 e. The summed E-state index contributed by atoms with van der Waals surface area (Å²) in [4.78, 5) is 15.2. The summed E-state index contributed by atoms with van der Waals surface area (Å²) in [6.07, 6.45) is 0. The number of fused-ring (bicyclic) bond motifs is 6. The second-order valence-electron chi connectivity index (χ2n) is 14.0. The summed E-state index contributed by atoms with van der Waals surface area (Å²) >= 11 is 1.85. The first-order chi connectivity index (χ1) is 27.7. The summed E-state index contributed by atoms with van der Waals surface area (Å²) in [6.45, 7) is 0. The number of aromatic nitrogens is 3. The Kier molecular flexibility index (Phi) is 7.64. The van der Waals surface area contributed by atoms with Crippen LogP contribution in [0.15, 0.2) is 192 Å². The lowest BCUT2D eigenvalue weighted by Gasteiger charge is -2.10. The molecule has 4 nitrogen and oxygen atoms in total. The van der Waals surface area contributed by atoms with E-state index in [1.165, 1.54) is 42.4 Å². The molecule has 8 aromatic carbocycles. The Hall–Kier alpha value is -7.21. The predicted molar refractivity (Wildman–Crippen MR) is 233 cm³/mol. The molecule has 0 aliphatic carbocycles. The van der Waals surface area contributed by atoms with Crippen molar-refractivity contribution < 1.29 is 4.42 Å². The van der Waals surface area contributed by atoms with Crippen molar-refractivity contribution in [2.75, 3.05) is 0 Å². The summed E-state index contributed by atoms with van der Waals surface area (Å²) in [5.41, 5.74) is 11.4. The van der Waals surface area contributed by atoms with Gasteiger partial charge < -0.3 is 4.42 Å². The van der Waals surface area contributed by atoms with Crippen LogP contribution in [0.3, 0.4) is 0 Å². The molecule has 11 rings (SSSR count). The van der Waals surface area contributed by atoms with Crippen LogP contribution in [0.4, 0.5) is 0 Å². The van der Waals surface area contributed by atoms with Crippen molar-refractivity contribution in [3.63, 3.8) is 0 Å². The number of thiophene rings is 1. The van der Waals surface area contributed by atoms with E-state index in [1.54, 1.807) is 0 Å². The van der Waals surface area contributed by atoms with Gasteiger partial charge in [-0.15, -0.1) is 11.3 Å². The zero-order valence-electron chi connectivity index (χ0n) is 30.1. The third-order valence-corrected chi connectivity index (χ3v) is 11.8. The highest BCUT2D eigenvalue weighted by molar-refractivity contribution is 7.26. The molecule has 262 valence electrons. The quantitative estimate of drug-likeness (QED) is 0.171. The van der Waals surface area contributed by atoms with Crippen molar-refractivity contribution in [2.24, 2.45) is 0 Å². The van der Waals surface area contributed by atoms with E-state index in [1.807, 2.05) is 59.9 Å². The van der Waals surface area contributed by atoms with E-state index in [0.29, 0.717) is 17.5 Å². The first-order valence-corrected chi connectivity index (χ1v) is 19.5. The van der Waals surface area contributed by atoms with Gasteiger partial charge in [0.25, 0.3) is 0 Å². The Balaban J connectivity index is 1.03. The highest BCUT2D eigenvalue weighted by Crippen LogP contribution is 2.43. The topological polar surface area (TPSA) is 51.8 Å². The van der Waals surface area contributed by atoms with E-state index >= 15 is 0 Å². The number of hydrogen-bond acceptors (Lipinski definition) is 5. The molecule has 0 amide bonds. The average Bonchev–Trinajstić information content (AvgIpc) is 3.85. The lowest BCUT2D eigenvalue weighted by molar-refractivity contribution is 0.669. The van der Waals surface area contributed by atoms with Gasteiger partial charge in [-0.25, -0.2) is 15.0 Å². The lowest BCUT2D eigenvalue weighted by Crippen LogP contribution is -2.00. The molecule has 0 spiro atoms. The molecule has 0 saturated carbocycles. The largest absolute Gasteiger partial charge is 0.456 e. The third-order valence-electron chi connectivity index (χ3n) is 10.6. The second kappa shape index (κ2) is 13.3. The molecule has 0 aliphatic rings. The Morgan fingerprint density at radius 3 is 1.61 bits per heavy atom. The van der Waals surface area contributed by atoms with Gasteiger partial charge >= 0.3 is 0 Å². The van der Waals surface area contributed by atoms with Gasteiger partial charge in [0.2, 0.25) is 0 Å². The fraction of sp³-hybridized carbons (Fsp3) is 0. The lowest BCUT2D eigenvalue weighted by atomic mass is 9.99. The fourth-order valence-corrected chi connectivity index (χ4v) is 9.08. The molecular weight excluding hydrogens is 703 g/mol. The first kappa shape index (κ1) is 32.2. The molecule has 5 heteroatoms. The Morgan fingerprint density at radius 2 is 0.875 bits per heavy atom. The molecular formula is C51H31N3OS. The molecule has 0 bridgehead atoms. The van der Waals surface area contributed by atoms with Gasteiger partial charge in [0.15, 0.2) is 17.5 Å². The Morgan fingerprint density at radius 1 is 0.339 bits per heavy atom. The van der Waals surface area contributed by atoms with Crippen LogP contribution in [0.5, 0.6) is 0 Å². The standard InChI is InChI=1S/C51H31N3OS/c1-4-12-32(13-5-1)34-22-24-36(25-23-34)50-52-49(35-16-8-3-9-17-35)53-51(54-50)43-20-11-21-44-47(43)42-29-27-38(30-45(42)55-44)39-18-10-19-41-40-28-26-37(31-46(40)56-48(39)41)33-14-6-2-7-15-33/h1-31H. The minimum atomic E-state index is 0.600. The van der Waals surface area contributed by atoms with Gasteiger partial charge in [-0.1, -0.05) is 164 Å². The van der Waals surface area contributed by atoms with Crippen LogP contribution in [-0.2, 0) is 0 Å². The van der Waals surface area contributed by atoms with Crippen LogP contribution in [0.25, 0.3) is 110 Å². The molecule has 3 heterocycles. The number of hydrogen-bond donors (Lipinski definition) is 0. The Bertz CT molecular complexity index is 3230. The fourth-order valence-electron chi connectivity index (χ4n) is 7.80. The van der Waals surface area contributed by atoms with Gasteiger partial charge in [-0.3, -0.25) is 0 Å². The van der Waals surface area contributed by atoms with Crippen LogP contribution in [-0.4, -0.2) is 15.0 Å². The highest BCUT2D eigenvalue weighted by atomic mass is 32.1. The van der Waals surface area contributed by atoms with Crippen LogP contribution < -0.4 is 0 Å². The Labute approximate surface area is 327 Å². The van der Waals surface area contributed by atoms with Crippen molar-refractivity contribution in [1.29, 1.82) is 0 Å². The smallest absolute Gasteiger partial charge is 0.164 e. The number of benzene rings is 8. The van der Waals surface area contributed by atoms with Gasteiger partial charge in [0.1, 0.15) is 11.2 Å². The second-order valence-corrected chi connectivity index (χ2v) is 15.0. The SMILES string of the molecule is c1ccc(-c2ccc(-c3nc(-c4ccccc4)nc(-c4cccc5oc6cc(-c7cccc8c7sc7cc(-c9ccccc9)ccc78)ccc6c45)n3)cc2)cc1. The maximum atomic E-state index is 6.63. The van der Waals surface area contributed by atoms with E-state index in [-0.39, 0.29) is 0 Å². The summed E-state index contributed by atoms with van der Waals surface area (Å²) < 4.78 is 9.18. The van der Waals surface area contributed by atoms with Gasteiger partial charge in [-0.05, 0) is 57.6 Å². The average molecular weight is 734 g/mol. The molecule has 0 saturated heterocycles. The zero-order valence-corrected chi connectivity index (χ0v) is 30.9. The minimum absolute atomic E-state index is 0.600. The van der Waals surface area contributed by atoms with E-state index in [4.69, 9.17) is 19.4 Å². The van der Waals surface area contributed by atoms with Crippen LogP contribution in [0.1, 0.15) is 0 Å². The maximum absolute atomic E-state index is 6.63. The maximum Gasteiger partial charge on any atom is 0.164 e. The monoisotopic (exact) mass is 733 g/mol. The summed E-state index contributed by atoms with van der Waals surface area (Å²) in [7, 11) is 0. The van der Waals surface area contributed by atoms with E-state index in [0.717, 1.165) is 49.8 Å². The molecule has 0 fully saturated rings. The van der Waals surface area contributed by atoms with Crippen molar-refractivity contribution >= 4 is 53.4 Å². The molecule has 56 heavy (non-hydrogen) atoms. The van der Waals surface area contributed by atoms with E-state index in [2.05, 4.69) is 140 Å².